The maximum atomic E-state index is 11.8. The molecule has 6 heteroatoms. The Morgan fingerprint density at radius 3 is 2.48 bits per heavy atom. The standard InChI is InChI=1S/C17H26N2O3S/c1-3-5-11-23-12-10-16(20)18-13-17(21)19-14-6-8-15(9-7-14)22-4-2/h6-9H,3-5,10-13H2,1-2H3,(H,18,20)(H,19,21). The second-order valence-corrected chi connectivity index (χ2v) is 6.22. The lowest BCUT2D eigenvalue weighted by Crippen LogP contribution is -2.33. The average Bonchev–Trinajstić information content (AvgIpc) is 2.55. The third kappa shape index (κ3) is 9.13. The van der Waals surface area contributed by atoms with Gasteiger partial charge in [-0.25, -0.2) is 0 Å². The Labute approximate surface area is 142 Å². The van der Waals surface area contributed by atoms with Crippen molar-refractivity contribution in [3.05, 3.63) is 24.3 Å². The van der Waals surface area contributed by atoms with Crippen molar-refractivity contribution in [1.29, 1.82) is 0 Å². The molecule has 1 rings (SSSR count). The summed E-state index contributed by atoms with van der Waals surface area (Å²) in [4.78, 5) is 23.4. The molecule has 1 aromatic rings. The maximum absolute atomic E-state index is 11.8. The van der Waals surface area contributed by atoms with Gasteiger partial charge in [-0.05, 0) is 43.4 Å². The van der Waals surface area contributed by atoms with Gasteiger partial charge in [-0.1, -0.05) is 13.3 Å². The lowest BCUT2D eigenvalue weighted by Gasteiger charge is -2.08. The third-order valence-corrected chi connectivity index (χ3v) is 4.08. The fourth-order valence-corrected chi connectivity index (χ4v) is 2.81. The molecule has 0 aliphatic carbocycles. The van der Waals surface area contributed by atoms with Gasteiger partial charge in [0, 0.05) is 17.9 Å². The molecule has 128 valence electrons. The Morgan fingerprint density at radius 1 is 1.09 bits per heavy atom. The lowest BCUT2D eigenvalue weighted by molar-refractivity contribution is -0.123. The van der Waals surface area contributed by atoms with E-state index in [2.05, 4.69) is 17.6 Å². The van der Waals surface area contributed by atoms with Crippen LogP contribution in [0.25, 0.3) is 0 Å². The summed E-state index contributed by atoms with van der Waals surface area (Å²) in [5.74, 6) is 2.32. The van der Waals surface area contributed by atoms with Crippen molar-refractivity contribution in [3.63, 3.8) is 0 Å². The highest BCUT2D eigenvalue weighted by atomic mass is 32.2. The molecule has 0 aliphatic rings. The van der Waals surface area contributed by atoms with E-state index in [0.717, 1.165) is 17.3 Å². The van der Waals surface area contributed by atoms with Gasteiger partial charge in [-0.2, -0.15) is 11.8 Å². The summed E-state index contributed by atoms with van der Waals surface area (Å²) in [6.07, 6.45) is 2.80. The molecule has 1 aromatic carbocycles. The van der Waals surface area contributed by atoms with Gasteiger partial charge in [-0.15, -0.1) is 0 Å². The van der Waals surface area contributed by atoms with Gasteiger partial charge in [0.1, 0.15) is 5.75 Å². The monoisotopic (exact) mass is 338 g/mol. The highest BCUT2D eigenvalue weighted by Crippen LogP contribution is 2.15. The van der Waals surface area contributed by atoms with Crippen molar-refractivity contribution in [1.82, 2.24) is 5.32 Å². The molecule has 0 spiro atoms. The van der Waals surface area contributed by atoms with Crippen LogP contribution >= 0.6 is 11.8 Å². The summed E-state index contributed by atoms with van der Waals surface area (Å²) >= 11 is 1.78. The van der Waals surface area contributed by atoms with Gasteiger partial charge in [0.15, 0.2) is 0 Å². The molecule has 0 fully saturated rings. The van der Waals surface area contributed by atoms with Crippen LogP contribution in [-0.2, 0) is 9.59 Å². The summed E-state index contributed by atoms with van der Waals surface area (Å²) < 4.78 is 5.34. The number of thioether (sulfide) groups is 1. The first-order valence-corrected chi connectivity index (χ1v) is 9.18. The van der Waals surface area contributed by atoms with Crippen molar-refractivity contribution in [2.75, 3.05) is 30.0 Å². The molecule has 0 bridgehead atoms. The Hall–Kier alpha value is -1.69. The van der Waals surface area contributed by atoms with Crippen LogP contribution in [-0.4, -0.2) is 36.5 Å². The van der Waals surface area contributed by atoms with Crippen LogP contribution < -0.4 is 15.4 Å². The molecule has 0 saturated heterocycles. The first-order chi connectivity index (χ1) is 11.2. The smallest absolute Gasteiger partial charge is 0.243 e. The quantitative estimate of drug-likeness (QED) is 0.609. The molecule has 5 nitrogen and oxygen atoms in total. The van der Waals surface area contributed by atoms with Gasteiger partial charge in [0.2, 0.25) is 11.8 Å². The molecule has 0 heterocycles. The van der Waals surface area contributed by atoms with Crippen LogP contribution in [0.3, 0.4) is 0 Å². The zero-order chi connectivity index (χ0) is 16.9. The van der Waals surface area contributed by atoms with E-state index in [1.807, 2.05) is 6.92 Å². The topological polar surface area (TPSA) is 67.4 Å². The Morgan fingerprint density at radius 2 is 1.83 bits per heavy atom. The molecule has 0 saturated carbocycles. The molecular weight excluding hydrogens is 312 g/mol. The normalized spacial score (nSPS) is 10.2. The van der Waals surface area contributed by atoms with Crippen molar-refractivity contribution in [3.8, 4) is 5.75 Å². The first kappa shape index (κ1) is 19.4. The predicted octanol–water partition coefficient (Wildman–Crippen LogP) is 3.06. The van der Waals surface area contributed by atoms with E-state index in [4.69, 9.17) is 4.74 Å². The van der Waals surface area contributed by atoms with Gasteiger partial charge >= 0.3 is 0 Å². The van der Waals surface area contributed by atoms with Crippen molar-refractivity contribution >= 4 is 29.3 Å². The summed E-state index contributed by atoms with van der Waals surface area (Å²) in [5, 5.41) is 5.37. The van der Waals surface area contributed by atoms with Crippen molar-refractivity contribution < 1.29 is 14.3 Å². The number of unbranched alkanes of at least 4 members (excludes halogenated alkanes) is 1. The third-order valence-electron chi connectivity index (χ3n) is 3.01. The number of hydrogen-bond donors (Lipinski definition) is 2. The number of ether oxygens (including phenoxy) is 1. The Bertz CT molecular complexity index is 477. The van der Waals surface area contributed by atoms with Crippen LogP contribution in [0, 0.1) is 0 Å². The second-order valence-electron chi connectivity index (χ2n) is 5.00. The summed E-state index contributed by atoms with van der Waals surface area (Å²) in [7, 11) is 0. The average molecular weight is 338 g/mol. The van der Waals surface area contributed by atoms with Crippen LogP contribution in [0.1, 0.15) is 33.1 Å². The molecule has 0 atom stereocenters. The SMILES string of the molecule is CCCCSCCC(=O)NCC(=O)Nc1ccc(OCC)cc1. The molecule has 2 amide bonds. The zero-order valence-corrected chi connectivity index (χ0v) is 14.7. The molecule has 0 radical (unpaired) electrons. The number of carbonyl (C=O) groups excluding carboxylic acids is 2. The molecule has 2 N–H and O–H groups in total. The van der Waals surface area contributed by atoms with Gasteiger partial charge in [-0.3, -0.25) is 9.59 Å². The lowest BCUT2D eigenvalue weighted by atomic mass is 10.3. The highest BCUT2D eigenvalue weighted by molar-refractivity contribution is 7.99. The molecule has 0 aromatic heterocycles. The number of amides is 2. The zero-order valence-electron chi connectivity index (χ0n) is 13.9. The Kier molecular flexibility index (Phi) is 9.95. The largest absolute Gasteiger partial charge is 0.494 e. The summed E-state index contributed by atoms with van der Waals surface area (Å²) in [5.41, 5.74) is 0.683. The molecule has 23 heavy (non-hydrogen) atoms. The number of rotatable bonds is 11. The van der Waals surface area contributed by atoms with Gasteiger partial charge < -0.3 is 15.4 Å². The summed E-state index contributed by atoms with van der Waals surface area (Å²) in [6.45, 7) is 4.66. The van der Waals surface area contributed by atoms with Gasteiger partial charge in [0.25, 0.3) is 0 Å². The van der Waals surface area contributed by atoms with Crippen LogP contribution in [0.2, 0.25) is 0 Å². The van der Waals surface area contributed by atoms with Crippen molar-refractivity contribution in [2.45, 2.75) is 33.1 Å². The number of anilines is 1. The van der Waals surface area contributed by atoms with Crippen LogP contribution in [0.5, 0.6) is 5.75 Å². The minimum atomic E-state index is -0.235. The maximum Gasteiger partial charge on any atom is 0.243 e. The minimum Gasteiger partial charge on any atom is -0.494 e. The van der Waals surface area contributed by atoms with Crippen LogP contribution in [0.4, 0.5) is 5.69 Å². The van der Waals surface area contributed by atoms with E-state index in [-0.39, 0.29) is 18.4 Å². The number of hydrogen-bond acceptors (Lipinski definition) is 4. The Balaban J connectivity index is 2.19. The number of benzene rings is 1. The van der Waals surface area contributed by atoms with Gasteiger partial charge in [0.05, 0.1) is 13.2 Å². The fourth-order valence-electron chi connectivity index (χ4n) is 1.79. The fraction of sp³-hybridized carbons (Fsp3) is 0.529. The van der Waals surface area contributed by atoms with Crippen molar-refractivity contribution in [2.24, 2.45) is 0 Å². The van der Waals surface area contributed by atoms with E-state index < -0.39 is 0 Å². The number of carbonyl (C=O) groups is 2. The molecule has 0 unspecified atom stereocenters. The minimum absolute atomic E-state index is 0.00826. The van der Waals surface area contributed by atoms with E-state index in [9.17, 15) is 9.59 Å². The first-order valence-electron chi connectivity index (χ1n) is 8.02. The second kappa shape index (κ2) is 11.8. The van der Waals surface area contributed by atoms with E-state index in [0.29, 0.717) is 18.7 Å². The van der Waals surface area contributed by atoms with Crippen LogP contribution in [0.15, 0.2) is 24.3 Å². The molecular formula is C17H26N2O3S. The van der Waals surface area contributed by atoms with E-state index in [1.54, 1.807) is 36.0 Å². The van der Waals surface area contributed by atoms with E-state index in [1.165, 1.54) is 12.8 Å². The highest BCUT2D eigenvalue weighted by Gasteiger charge is 2.06. The van der Waals surface area contributed by atoms with E-state index >= 15 is 0 Å². The summed E-state index contributed by atoms with van der Waals surface area (Å²) in [6, 6.07) is 7.14. The predicted molar refractivity (Wildman–Crippen MR) is 96.1 cm³/mol. The molecule has 0 aliphatic heterocycles. The number of nitrogens with one attached hydrogen (secondary N) is 2.